The summed E-state index contributed by atoms with van der Waals surface area (Å²) in [5, 5.41) is 0. The number of hydrogen-bond acceptors (Lipinski definition) is 5. The van der Waals surface area contributed by atoms with Crippen molar-refractivity contribution in [2.75, 3.05) is 30.0 Å². The van der Waals surface area contributed by atoms with Gasteiger partial charge >= 0.3 is 0 Å². The minimum atomic E-state index is -3.04. The molecule has 1 amide bonds. The van der Waals surface area contributed by atoms with Crippen LogP contribution in [0.2, 0.25) is 0 Å². The Kier molecular flexibility index (Phi) is 6.51. The zero-order chi connectivity index (χ0) is 21.8. The number of carbonyl (C=O) groups is 1. The van der Waals surface area contributed by atoms with Gasteiger partial charge in [0.15, 0.2) is 9.84 Å². The van der Waals surface area contributed by atoms with Crippen LogP contribution in [0, 0.1) is 0 Å². The SMILES string of the molecule is CN(CC(=O)N(C1CCCC1)C1CCS(=O)(=O)C1)c1ccc(Oc2ccccc2)cc1. The highest BCUT2D eigenvalue weighted by Crippen LogP contribution is 2.30. The molecule has 0 spiro atoms. The second kappa shape index (κ2) is 9.30. The number of anilines is 1. The summed E-state index contributed by atoms with van der Waals surface area (Å²) in [4.78, 5) is 17.1. The number of hydrogen-bond donors (Lipinski definition) is 0. The summed E-state index contributed by atoms with van der Waals surface area (Å²) >= 11 is 0. The van der Waals surface area contributed by atoms with E-state index in [9.17, 15) is 13.2 Å². The molecule has 1 saturated heterocycles. The highest BCUT2D eigenvalue weighted by atomic mass is 32.2. The number of sulfone groups is 1. The number of nitrogens with zero attached hydrogens (tertiary/aromatic N) is 2. The van der Waals surface area contributed by atoms with E-state index >= 15 is 0 Å². The molecule has 0 aromatic heterocycles. The summed E-state index contributed by atoms with van der Waals surface area (Å²) in [6.07, 6.45) is 4.70. The van der Waals surface area contributed by atoms with Crippen LogP contribution in [0.3, 0.4) is 0 Å². The van der Waals surface area contributed by atoms with E-state index in [0.717, 1.165) is 42.9 Å². The van der Waals surface area contributed by atoms with Crippen molar-refractivity contribution in [3.8, 4) is 11.5 Å². The molecule has 0 N–H and O–H groups in total. The summed E-state index contributed by atoms with van der Waals surface area (Å²) in [7, 11) is -1.14. The standard InChI is InChI=1S/C24H30N2O4S/c1-25(19-11-13-23(14-12-19)30-22-9-3-2-4-10-22)17-24(27)26(20-7-5-6-8-20)21-15-16-31(28,29)18-21/h2-4,9-14,20-21H,5-8,15-18H2,1H3. The van der Waals surface area contributed by atoms with E-state index in [1.165, 1.54) is 0 Å². The van der Waals surface area contributed by atoms with Gasteiger partial charge in [0.25, 0.3) is 0 Å². The van der Waals surface area contributed by atoms with Crippen LogP contribution in [-0.4, -0.2) is 56.4 Å². The fourth-order valence-electron chi connectivity index (χ4n) is 4.65. The molecule has 1 unspecified atom stereocenters. The molecule has 166 valence electrons. The molecule has 2 aromatic rings. The van der Waals surface area contributed by atoms with E-state index in [-0.39, 0.29) is 36.0 Å². The average molecular weight is 443 g/mol. The van der Waals surface area contributed by atoms with Crippen molar-refractivity contribution in [1.82, 2.24) is 4.90 Å². The van der Waals surface area contributed by atoms with Gasteiger partial charge in [-0.2, -0.15) is 0 Å². The minimum absolute atomic E-state index is 0.0149. The van der Waals surface area contributed by atoms with Gasteiger partial charge < -0.3 is 14.5 Å². The maximum absolute atomic E-state index is 13.3. The molecule has 0 bridgehead atoms. The van der Waals surface area contributed by atoms with Crippen LogP contribution < -0.4 is 9.64 Å². The van der Waals surface area contributed by atoms with Crippen molar-refractivity contribution in [2.24, 2.45) is 0 Å². The van der Waals surface area contributed by atoms with E-state index in [1.807, 2.05) is 71.4 Å². The molecule has 2 fully saturated rings. The zero-order valence-corrected chi connectivity index (χ0v) is 18.8. The minimum Gasteiger partial charge on any atom is -0.457 e. The predicted octanol–water partition coefficient (Wildman–Crippen LogP) is 3.87. The van der Waals surface area contributed by atoms with Crippen molar-refractivity contribution in [3.63, 3.8) is 0 Å². The lowest BCUT2D eigenvalue weighted by molar-refractivity contribution is -0.134. The van der Waals surface area contributed by atoms with Gasteiger partial charge in [-0.1, -0.05) is 31.0 Å². The molecule has 1 heterocycles. The number of amides is 1. The third-order valence-electron chi connectivity index (χ3n) is 6.24. The molecule has 2 aliphatic rings. The van der Waals surface area contributed by atoms with Crippen LogP contribution in [-0.2, 0) is 14.6 Å². The highest BCUT2D eigenvalue weighted by molar-refractivity contribution is 7.91. The molecule has 0 radical (unpaired) electrons. The zero-order valence-electron chi connectivity index (χ0n) is 17.9. The van der Waals surface area contributed by atoms with E-state index in [0.29, 0.717) is 6.42 Å². The first-order valence-electron chi connectivity index (χ1n) is 11.0. The van der Waals surface area contributed by atoms with Crippen molar-refractivity contribution in [3.05, 3.63) is 54.6 Å². The molecule has 1 aliphatic carbocycles. The summed E-state index contributed by atoms with van der Waals surface area (Å²) in [5.74, 6) is 1.81. The first-order valence-corrected chi connectivity index (χ1v) is 12.8. The first kappa shape index (κ1) is 21.7. The fraction of sp³-hybridized carbons (Fsp3) is 0.458. The lowest BCUT2D eigenvalue weighted by Gasteiger charge is -2.35. The van der Waals surface area contributed by atoms with Gasteiger partial charge in [0, 0.05) is 24.8 Å². The smallest absolute Gasteiger partial charge is 0.242 e. The van der Waals surface area contributed by atoms with Gasteiger partial charge in [0.05, 0.1) is 18.1 Å². The summed E-state index contributed by atoms with van der Waals surface area (Å²) in [6.45, 7) is 0.228. The molecular weight excluding hydrogens is 412 g/mol. The molecule has 6 nitrogen and oxygen atoms in total. The van der Waals surface area contributed by atoms with Gasteiger partial charge in [-0.25, -0.2) is 8.42 Å². The van der Waals surface area contributed by atoms with Crippen molar-refractivity contribution >= 4 is 21.4 Å². The topological polar surface area (TPSA) is 66.9 Å². The number of rotatable bonds is 7. The van der Waals surface area contributed by atoms with Crippen molar-refractivity contribution in [1.29, 1.82) is 0 Å². The Bertz CT molecular complexity index is 986. The quantitative estimate of drug-likeness (QED) is 0.651. The number of ether oxygens (including phenoxy) is 1. The van der Waals surface area contributed by atoms with Crippen LogP contribution in [0.4, 0.5) is 5.69 Å². The van der Waals surface area contributed by atoms with E-state index in [1.54, 1.807) is 0 Å². The van der Waals surface area contributed by atoms with E-state index in [2.05, 4.69) is 0 Å². The van der Waals surface area contributed by atoms with E-state index < -0.39 is 9.84 Å². The van der Waals surface area contributed by atoms with Crippen LogP contribution in [0.15, 0.2) is 54.6 Å². The van der Waals surface area contributed by atoms with Gasteiger partial charge in [-0.15, -0.1) is 0 Å². The van der Waals surface area contributed by atoms with Crippen molar-refractivity contribution < 1.29 is 17.9 Å². The van der Waals surface area contributed by atoms with Crippen LogP contribution in [0.25, 0.3) is 0 Å². The third kappa shape index (κ3) is 5.39. The normalized spacial score (nSPS) is 20.5. The number of benzene rings is 2. The number of carbonyl (C=O) groups excluding carboxylic acids is 1. The van der Waals surface area contributed by atoms with Crippen molar-refractivity contribution in [2.45, 2.75) is 44.2 Å². The Morgan fingerprint density at radius 1 is 0.935 bits per heavy atom. The second-order valence-corrected chi connectivity index (χ2v) is 10.8. The first-order chi connectivity index (χ1) is 14.9. The fourth-order valence-corrected chi connectivity index (χ4v) is 6.36. The molecular formula is C24H30N2O4S. The average Bonchev–Trinajstić information content (AvgIpc) is 3.39. The maximum Gasteiger partial charge on any atom is 0.242 e. The molecule has 2 aromatic carbocycles. The monoisotopic (exact) mass is 442 g/mol. The lowest BCUT2D eigenvalue weighted by Crippen LogP contribution is -2.50. The molecule has 7 heteroatoms. The van der Waals surface area contributed by atoms with Crippen LogP contribution >= 0.6 is 0 Å². The summed E-state index contributed by atoms with van der Waals surface area (Å²) in [5.41, 5.74) is 0.916. The van der Waals surface area contributed by atoms with E-state index in [4.69, 9.17) is 4.74 Å². The molecule has 4 rings (SSSR count). The Labute approximate surface area is 184 Å². The van der Waals surface area contributed by atoms with Gasteiger partial charge in [-0.3, -0.25) is 4.79 Å². The second-order valence-electron chi connectivity index (χ2n) is 8.56. The molecule has 31 heavy (non-hydrogen) atoms. The maximum atomic E-state index is 13.3. The summed E-state index contributed by atoms with van der Waals surface area (Å²) in [6, 6.07) is 17.2. The largest absolute Gasteiger partial charge is 0.457 e. The third-order valence-corrected chi connectivity index (χ3v) is 7.99. The molecule has 1 aliphatic heterocycles. The van der Waals surface area contributed by atoms with Gasteiger partial charge in [0.2, 0.25) is 5.91 Å². The van der Waals surface area contributed by atoms with Crippen LogP contribution in [0.5, 0.6) is 11.5 Å². The Balaban J connectivity index is 1.42. The number of likely N-dealkylation sites (N-methyl/N-ethyl adjacent to an activating group) is 1. The summed E-state index contributed by atoms with van der Waals surface area (Å²) < 4.78 is 29.9. The predicted molar refractivity (Wildman–Crippen MR) is 122 cm³/mol. The molecule has 1 atom stereocenters. The Morgan fingerprint density at radius 2 is 1.58 bits per heavy atom. The Hall–Kier alpha value is -2.54. The number of para-hydroxylation sites is 1. The van der Waals surface area contributed by atoms with Gasteiger partial charge in [0.1, 0.15) is 11.5 Å². The van der Waals surface area contributed by atoms with Gasteiger partial charge in [-0.05, 0) is 55.7 Å². The highest BCUT2D eigenvalue weighted by Gasteiger charge is 2.39. The van der Waals surface area contributed by atoms with Crippen LogP contribution in [0.1, 0.15) is 32.1 Å². The Morgan fingerprint density at radius 3 is 2.19 bits per heavy atom. The molecule has 1 saturated carbocycles. The lowest BCUT2D eigenvalue weighted by atomic mass is 10.1.